The average molecular weight is 252 g/mol. The summed E-state index contributed by atoms with van der Waals surface area (Å²) in [6.45, 7) is 5.04. The van der Waals surface area contributed by atoms with Gasteiger partial charge in [-0.25, -0.2) is 4.79 Å². The van der Waals surface area contributed by atoms with Crippen LogP contribution in [-0.4, -0.2) is 24.0 Å². The summed E-state index contributed by atoms with van der Waals surface area (Å²) in [6.07, 6.45) is 0. The number of carbonyl (C=O) groups is 1. The maximum atomic E-state index is 11.8. The molecule has 90 valence electrons. The second-order valence-corrected chi connectivity index (χ2v) is 3.82. The zero-order valence-corrected chi connectivity index (χ0v) is 10.6. The number of carbonyl (C=O) groups excluding carboxylic acids is 1. The van der Waals surface area contributed by atoms with Crippen LogP contribution in [0, 0.1) is 11.3 Å². The first-order valence-electron chi connectivity index (χ1n) is 5.38. The van der Waals surface area contributed by atoms with Crippen molar-refractivity contribution in [2.75, 3.05) is 18.4 Å². The van der Waals surface area contributed by atoms with Crippen LogP contribution in [0.1, 0.15) is 19.4 Å². The van der Waals surface area contributed by atoms with E-state index in [9.17, 15) is 4.79 Å². The second-order valence-electron chi connectivity index (χ2n) is 3.41. The number of nitriles is 1. The van der Waals surface area contributed by atoms with Gasteiger partial charge in [0, 0.05) is 13.1 Å². The van der Waals surface area contributed by atoms with E-state index in [1.54, 1.807) is 23.1 Å². The Morgan fingerprint density at radius 1 is 1.47 bits per heavy atom. The van der Waals surface area contributed by atoms with Crippen LogP contribution in [0.2, 0.25) is 5.02 Å². The third kappa shape index (κ3) is 3.36. The van der Waals surface area contributed by atoms with E-state index in [0.29, 0.717) is 29.4 Å². The first-order valence-corrected chi connectivity index (χ1v) is 5.75. The predicted molar refractivity (Wildman–Crippen MR) is 68.1 cm³/mol. The summed E-state index contributed by atoms with van der Waals surface area (Å²) in [5, 5.41) is 11.9. The van der Waals surface area contributed by atoms with E-state index in [1.165, 1.54) is 0 Å². The number of amides is 2. The Bertz CT molecular complexity index is 450. The Morgan fingerprint density at radius 2 is 2.12 bits per heavy atom. The van der Waals surface area contributed by atoms with Gasteiger partial charge >= 0.3 is 6.03 Å². The minimum atomic E-state index is -0.216. The normalized spacial score (nSPS) is 9.53. The molecule has 2 amide bonds. The highest BCUT2D eigenvalue weighted by molar-refractivity contribution is 6.33. The minimum absolute atomic E-state index is 0.216. The van der Waals surface area contributed by atoms with Crippen LogP contribution < -0.4 is 5.32 Å². The number of anilines is 1. The van der Waals surface area contributed by atoms with Crippen LogP contribution in [0.25, 0.3) is 0 Å². The number of nitrogens with zero attached hydrogens (tertiary/aromatic N) is 2. The lowest BCUT2D eigenvalue weighted by Crippen LogP contribution is -2.34. The van der Waals surface area contributed by atoms with Gasteiger partial charge in [0.15, 0.2) is 0 Å². The summed E-state index contributed by atoms with van der Waals surface area (Å²) in [5.41, 5.74) is 0.923. The van der Waals surface area contributed by atoms with Crippen molar-refractivity contribution in [2.24, 2.45) is 0 Å². The van der Waals surface area contributed by atoms with E-state index in [-0.39, 0.29) is 6.03 Å². The largest absolute Gasteiger partial charge is 0.325 e. The molecule has 0 radical (unpaired) electrons. The molecule has 0 saturated carbocycles. The molecule has 0 aliphatic rings. The summed E-state index contributed by atoms with van der Waals surface area (Å²) in [4.78, 5) is 13.4. The molecule has 0 bridgehead atoms. The van der Waals surface area contributed by atoms with Gasteiger partial charge in [0.25, 0.3) is 0 Å². The van der Waals surface area contributed by atoms with Gasteiger partial charge in [0.1, 0.15) is 0 Å². The molecule has 5 heteroatoms. The van der Waals surface area contributed by atoms with Crippen LogP contribution in [0.15, 0.2) is 18.2 Å². The quantitative estimate of drug-likeness (QED) is 0.898. The number of hydrogen-bond donors (Lipinski definition) is 1. The molecule has 0 heterocycles. The maximum Gasteiger partial charge on any atom is 0.321 e. The van der Waals surface area contributed by atoms with Crippen molar-refractivity contribution in [1.82, 2.24) is 4.90 Å². The smallest absolute Gasteiger partial charge is 0.321 e. The monoisotopic (exact) mass is 251 g/mol. The molecule has 0 aromatic heterocycles. The number of urea groups is 1. The van der Waals surface area contributed by atoms with Gasteiger partial charge in [-0.15, -0.1) is 0 Å². The van der Waals surface area contributed by atoms with Crippen molar-refractivity contribution < 1.29 is 4.79 Å². The Kier molecular flexibility index (Phi) is 4.80. The van der Waals surface area contributed by atoms with Gasteiger partial charge in [-0.05, 0) is 32.0 Å². The zero-order chi connectivity index (χ0) is 12.8. The molecule has 1 aromatic carbocycles. The number of halogens is 1. The van der Waals surface area contributed by atoms with Crippen LogP contribution in [-0.2, 0) is 0 Å². The summed E-state index contributed by atoms with van der Waals surface area (Å²) in [5.74, 6) is 0. The van der Waals surface area contributed by atoms with Crippen LogP contribution >= 0.6 is 11.6 Å². The molecule has 1 aromatic rings. The van der Waals surface area contributed by atoms with E-state index in [0.717, 1.165) is 0 Å². The zero-order valence-electron chi connectivity index (χ0n) is 9.83. The molecule has 1 N–H and O–H groups in total. The SMILES string of the molecule is CCN(CC)C(=O)Nc1cc(C#N)ccc1Cl. The van der Waals surface area contributed by atoms with Gasteiger partial charge in [0.2, 0.25) is 0 Å². The first kappa shape index (κ1) is 13.3. The Morgan fingerprint density at radius 3 is 2.65 bits per heavy atom. The number of nitrogens with one attached hydrogen (secondary N) is 1. The van der Waals surface area contributed by atoms with Crippen molar-refractivity contribution >= 4 is 23.3 Å². The van der Waals surface area contributed by atoms with E-state index < -0.39 is 0 Å². The topological polar surface area (TPSA) is 56.1 Å². The molecular weight excluding hydrogens is 238 g/mol. The summed E-state index contributed by atoms with van der Waals surface area (Å²) >= 11 is 5.95. The first-order chi connectivity index (χ1) is 8.12. The summed E-state index contributed by atoms with van der Waals surface area (Å²) < 4.78 is 0. The minimum Gasteiger partial charge on any atom is -0.325 e. The van der Waals surface area contributed by atoms with Crippen molar-refractivity contribution in [3.63, 3.8) is 0 Å². The molecular formula is C12H14ClN3O. The summed E-state index contributed by atoms with van der Waals surface area (Å²) in [7, 11) is 0. The van der Waals surface area contributed by atoms with Gasteiger partial charge in [-0.1, -0.05) is 11.6 Å². The lowest BCUT2D eigenvalue weighted by Gasteiger charge is -2.19. The number of rotatable bonds is 3. The highest BCUT2D eigenvalue weighted by Gasteiger charge is 2.11. The standard InChI is InChI=1S/C12H14ClN3O/c1-3-16(4-2)12(17)15-11-7-9(8-14)5-6-10(11)13/h5-7H,3-4H2,1-2H3,(H,15,17). The Hall–Kier alpha value is -1.73. The molecule has 0 saturated heterocycles. The van der Waals surface area contributed by atoms with Gasteiger partial charge < -0.3 is 10.2 Å². The fraction of sp³-hybridized carbons (Fsp3) is 0.333. The van der Waals surface area contributed by atoms with E-state index in [2.05, 4.69) is 5.32 Å². The number of benzene rings is 1. The van der Waals surface area contributed by atoms with Gasteiger partial charge in [-0.2, -0.15) is 5.26 Å². The van der Waals surface area contributed by atoms with Crippen molar-refractivity contribution in [2.45, 2.75) is 13.8 Å². The van der Waals surface area contributed by atoms with Crippen LogP contribution in [0.4, 0.5) is 10.5 Å². The third-order valence-corrected chi connectivity index (χ3v) is 2.72. The Labute approximate surface area is 106 Å². The van der Waals surface area contributed by atoms with Crippen LogP contribution in [0.5, 0.6) is 0 Å². The van der Waals surface area contributed by atoms with E-state index in [1.807, 2.05) is 19.9 Å². The fourth-order valence-electron chi connectivity index (χ4n) is 1.40. The van der Waals surface area contributed by atoms with Crippen molar-refractivity contribution in [3.8, 4) is 6.07 Å². The lowest BCUT2D eigenvalue weighted by molar-refractivity contribution is 0.217. The predicted octanol–water partition coefficient (Wildman–Crippen LogP) is 3.09. The lowest BCUT2D eigenvalue weighted by atomic mass is 10.2. The van der Waals surface area contributed by atoms with E-state index >= 15 is 0 Å². The maximum absolute atomic E-state index is 11.8. The molecule has 0 spiro atoms. The Balaban J connectivity index is 2.88. The van der Waals surface area contributed by atoms with Crippen molar-refractivity contribution in [3.05, 3.63) is 28.8 Å². The highest BCUT2D eigenvalue weighted by Crippen LogP contribution is 2.23. The van der Waals surface area contributed by atoms with Crippen LogP contribution in [0.3, 0.4) is 0 Å². The molecule has 0 aliphatic heterocycles. The molecule has 0 aliphatic carbocycles. The molecule has 17 heavy (non-hydrogen) atoms. The molecule has 0 atom stereocenters. The second kappa shape index (κ2) is 6.12. The molecule has 4 nitrogen and oxygen atoms in total. The fourth-order valence-corrected chi connectivity index (χ4v) is 1.56. The summed E-state index contributed by atoms with van der Waals surface area (Å²) in [6, 6.07) is 6.55. The van der Waals surface area contributed by atoms with Crippen molar-refractivity contribution in [1.29, 1.82) is 5.26 Å². The van der Waals surface area contributed by atoms with E-state index in [4.69, 9.17) is 16.9 Å². The highest BCUT2D eigenvalue weighted by atomic mass is 35.5. The number of hydrogen-bond acceptors (Lipinski definition) is 2. The average Bonchev–Trinajstić information content (AvgIpc) is 2.33. The molecule has 1 rings (SSSR count). The van der Waals surface area contributed by atoms with Gasteiger partial charge in [0.05, 0.1) is 22.3 Å². The molecule has 0 fully saturated rings. The third-order valence-electron chi connectivity index (χ3n) is 2.39. The van der Waals surface area contributed by atoms with Gasteiger partial charge in [-0.3, -0.25) is 0 Å². The molecule has 0 unspecified atom stereocenters.